The first-order valence-electron chi connectivity index (χ1n) is 14.4. The Morgan fingerprint density at radius 2 is 1.65 bits per heavy atom. The summed E-state index contributed by atoms with van der Waals surface area (Å²) in [7, 11) is 0. The van der Waals surface area contributed by atoms with Crippen LogP contribution in [0.3, 0.4) is 0 Å². The lowest BCUT2D eigenvalue weighted by molar-refractivity contribution is -0.155. The highest BCUT2D eigenvalue weighted by Crippen LogP contribution is 2.26. The maximum Gasteiger partial charge on any atom is 0.409 e. The third-order valence-electron chi connectivity index (χ3n) is 6.76. The van der Waals surface area contributed by atoms with E-state index in [1.807, 2.05) is 36.4 Å². The Morgan fingerprint density at radius 1 is 0.953 bits per heavy atom. The van der Waals surface area contributed by atoms with Gasteiger partial charge in [0.15, 0.2) is 0 Å². The van der Waals surface area contributed by atoms with E-state index in [-0.39, 0.29) is 44.1 Å². The summed E-state index contributed by atoms with van der Waals surface area (Å²) >= 11 is 0. The monoisotopic (exact) mass is 590 g/mol. The molecule has 228 valence electrons. The Morgan fingerprint density at radius 3 is 2.28 bits per heavy atom. The predicted molar refractivity (Wildman–Crippen MR) is 159 cm³/mol. The predicted octanol–water partition coefficient (Wildman–Crippen LogP) is 4.53. The van der Waals surface area contributed by atoms with E-state index >= 15 is 0 Å². The molecule has 0 radical (unpaired) electrons. The van der Waals surface area contributed by atoms with Gasteiger partial charge in [-0.2, -0.15) is 0 Å². The van der Waals surface area contributed by atoms with Crippen molar-refractivity contribution in [3.05, 3.63) is 66.8 Å². The number of rotatable bonds is 9. The molecule has 3 aromatic rings. The number of hydrogen-bond acceptors (Lipinski definition) is 8. The third kappa shape index (κ3) is 8.67. The fraction of sp³-hybridized carbons (Fsp3) is 0.406. The molecule has 43 heavy (non-hydrogen) atoms. The van der Waals surface area contributed by atoms with E-state index in [0.717, 1.165) is 16.7 Å². The van der Waals surface area contributed by atoms with Gasteiger partial charge in [-0.1, -0.05) is 30.3 Å². The van der Waals surface area contributed by atoms with E-state index in [2.05, 4.69) is 10.3 Å². The lowest BCUT2D eigenvalue weighted by Crippen LogP contribution is -2.56. The number of nitrogens with zero attached hydrogens (tertiary/aromatic N) is 3. The molecule has 2 aromatic heterocycles. The smallest absolute Gasteiger partial charge is 0.409 e. The second kappa shape index (κ2) is 14.0. The molecule has 1 N–H and O–H groups in total. The number of carbonyl (C=O) groups is 4. The van der Waals surface area contributed by atoms with E-state index in [1.165, 1.54) is 4.90 Å². The number of benzene rings is 1. The van der Waals surface area contributed by atoms with Gasteiger partial charge in [-0.3, -0.25) is 14.4 Å². The maximum absolute atomic E-state index is 13.7. The maximum atomic E-state index is 13.7. The van der Waals surface area contributed by atoms with Crippen molar-refractivity contribution in [2.45, 2.75) is 52.2 Å². The molecule has 1 saturated heterocycles. The molecule has 1 fully saturated rings. The van der Waals surface area contributed by atoms with Crippen molar-refractivity contribution in [1.82, 2.24) is 20.1 Å². The molecular weight excluding hydrogens is 552 g/mol. The first-order chi connectivity index (χ1) is 20.5. The summed E-state index contributed by atoms with van der Waals surface area (Å²) < 4.78 is 15.8. The lowest BCUT2D eigenvalue weighted by atomic mass is 10.0. The van der Waals surface area contributed by atoms with Crippen LogP contribution in [-0.2, 0) is 19.1 Å². The topological polar surface area (TPSA) is 131 Å². The number of piperazine rings is 1. The summed E-state index contributed by atoms with van der Waals surface area (Å²) in [5.41, 5.74) is 2.31. The molecule has 4 rings (SSSR count). The zero-order valence-corrected chi connectivity index (χ0v) is 25.0. The van der Waals surface area contributed by atoms with E-state index < -0.39 is 29.6 Å². The minimum absolute atomic E-state index is 0.0323. The molecule has 1 aliphatic rings. The number of nitrogens with one attached hydrogen (secondary N) is 1. The van der Waals surface area contributed by atoms with Gasteiger partial charge in [-0.05, 0) is 57.9 Å². The van der Waals surface area contributed by atoms with Crippen LogP contribution in [0.5, 0.6) is 0 Å². The van der Waals surface area contributed by atoms with Crippen LogP contribution in [0.15, 0.2) is 65.5 Å². The Bertz CT molecular complexity index is 1410. The molecule has 1 aliphatic heterocycles. The summed E-state index contributed by atoms with van der Waals surface area (Å²) in [6.07, 6.45) is 2.65. The highest BCUT2D eigenvalue weighted by Gasteiger charge is 2.32. The molecule has 1 aromatic carbocycles. The Hall–Kier alpha value is -4.67. The minimum Gasteiger partial charge on any atom is -0.472 e. The van der Waals surface area contributed by atoms with Crippen LogP contribution in [0, 0.1) is 0 Å². The third-order valence-corrected chi connectivity index (χ3v) is 6.76. The lowest BCUT2D eigenvalue weighted by Gasteiger charge is -2.36. The standard InChI is InChI=1S/C32H38N4O7/c1-5-42-31(40)36-16-14-35(15-17-36)30(39)25(11-12-28(37)43-32(2,3)4)34-29(38)27-20-24(23-13-18-41-21-23)19-26(33-27)22-9-7-6-8-10-22/h6-10,13,18-21,25H,5,11-12,14-17H2,1-4H3,(H,34,38)/t25-/m0/s1. The number of amides is 3. The quantitative estimate of drug-likeness (QED) is 0.360. The average Bonchev–Trinajstić information content (AvgIpc) is 3.54. The van der Waals surface area contributed by atoms with Crippen LogP contribution in [0.25, 0.3) is 22.4 Å². The van der Waals surface area contributed by atoms with Crippen molar-refractivity contribution in [3.63, 3.8) is 0 Å². The van der Waals surface area contributed by atoms with Crippen molar-refractivity contribution >= 4 is 23.9 Å². The molecule has 11 heteroatoms. The zero-order valence-electron chi connectivity index (χ0n) is 25.0. The number of pyridine rings is 1. The normalized spacial score (nSPS) is 14.1. The molecule has 0 bridgehead atoms. The molecular formula is C32H38N4O7. The fourth-order valence-corrected chi connectivity index (χ4v) is 4.69. The number of carbonyl (C=O) groups excluding carboxylic acids is 4. The van der Waals surface area contributed by atoms with Crippen molar-refractivity contribution in [3.8, 4) is 22.4 Å². The Kier molecular flexibility index (Phi) is 10.2. The summed E-state index contributed by atoms with van der Waals surface area (Å²) in [6, 6.07) is 13.7. The van der Waals surface area contributed by atoms with E-state index in [1.54, 1.807) is 57.3 Å². The summed E-state index contributed by atoms with van der Waals surface area (Å²) in [4.78, 5) is 59.8. The van der Waals surface area contributed by atoms with Gasteiger partial charge in [-0.15, -0.1) is 0 Å². The van der Waals surface area contributed by atoms with Gasteiger partial charge in [0.1, 0.15) is 17.3 Å². The van der Waals surface area contributed by atoms with Gasteiger partial charge >= 0.3 is 12.1 Å². The Labute approximate surface area is 251 Å². The van der Waals surface area contributed by atoms with Crippen molar-refractivity contribution in [2.24, 2.45) is 0 Å². The summed E-state index contributed by atoms with van der Waals surface area (Å²) in [5, 5.41) is 2.82. The SMILES string of the molecule is CCOC(=O)N1CCN(C(=O)[C@H](CCC(=O)OC(C)(C)C)NC(=O)c2cc(-c3ccoc3)cc(-c3ccccc3)n2)CC1. The molecule has 0 unspecified atom stereocenters. The average molecular weight is 591 g/mol. The number of aromatic nitrogens is 1. The fourth-order valence-electron chi connectivity index (χ4n) is 4.69. The number of esters is 1. The first kappa shape index (κ1) is 31.3. The van der Waals surface area contributed by atoms with Crippen LogP contribution in [0.1, 0.15) is 51.0 Å². The van der Waals surface area contributed by atoms with Crippen LogP contribution < -0.4 is 5.32 Å². The molecule has 1 atom stereocenters. The van der Waals surface area contributed by atoms with Gasteiger partial charge in [0, 0.05) is 43.7 Å². The van der Waals surface area contributed by atoms with Crippen LogP contribution in [-0.4, -0.2) is 83.1 Å². The van der Waals surface area contributed by atoms with E-state index in [4.69, 9.17) is 13.9 Å². The molecule has 11 nitrogen and oxygen atoms in total. The first-order valence-corrected chi connectivity index (χ1v) is 14.4. The molecule has 0 spiro atoms. The zero-order chi connectivity index (χ0) is 31.0. The van der Waals surface area contributed by atoms with E-state index in [9.17, 15) is 19.2 Å². The van der Waals surface area contributed by atoms with Crippen molar-refractivity contribution in [1.29, 1.82) is 0 Å². The molecule has 0 aliphatic carbocycles. The number of ether oxygens (including phenoxy) is 2. The minimum atomic E-state index is -1.02. The van der Waals surface area contributed by atoms with Gasteiger partial charge in [0.2, 0.25) is 5.91 Å². The molecule has 3 amide bonds. The highest BCUT2D eigenvalue weighted by molar-refractivity contribution is 5.97. The molecule has 0 saturated carbocycles. The van der Waals surface area contributed by atoms with Crippen LogP contribution in [0.4, 0.5) is 4.79 Å². The summed E-state index contributed by atoms with van der Waals surface area (Å²) in [5.74, 6) is -1.39. The van der Waals surface area contributed by atoms with E-state index in [0.29, 0.717) is 18.8 Å². The van der Waals surface area contributed by atoms with Crippen molar-refractivity contribution < 1.29 is 33.1 Å². The number of hydrogen-bond donors (Lipinski definition) is 1. The second-order valence-corrected chi connectivity index (χ2v) is 11.2. The van der Waals surface area contributed by atoms with Gasteiger partial charge in [0.25, 0.3) is 5.91 Å². The number of furan rings is 1. The Balaban J connectivity index is 1.56. The molecule has 3 heterocycles. The van der Waals surface area contributed by atoms with Gasteiger partial charge in [0.05, 0.1) is 24.8 Å². The van der Waals surface area contributed by atoms with Gasteiger partial charge < -0.3 is 29.0 Å². The van der Waals surface area contributed by atoms with Crippen molar-refractivity contribution in [2.75, 3.05) is 32.8 Å². The highest BCUT2D eigenvalue weighted by atomic mass is 16.6. The summed E-state index contributed by atoms with van der Waals surface area (Å²) in [6.45, 7) is 8.42. The second-order valence-electron chi connectivity index (χ2n) is 11.2. The van der Waals surface area contributed by atoms with Crippen LogP contribution in [0.2, 0.25) is 0 Å². The van der Waals surface area contributed by atoms with Gasteiger partial charge in [-0.25, -0.2) is 9.78 Å². The van der Waals surface area contributed by atoms with Crippen LogP contribution >= 0.6 is 0 Å². The largest absolute Gasteiger partial charge is 0.472 e.